The van der Waals surface area contributed by atoms with Crippen LogP contribution in [0.1, 0.15) is 35.3 Å². The molecule has 2 aliphatic heterocycles. The van der Waals surface area contributed by atoms with Crippen LogP contribution in [-0.2, 0) is 29.0 Å². The number of nitrogens with zero attached hydrogens (tertiary/aromatic N) is 3. The minimum Gasteiger partial charge on any atom is -0.380 e. The van der Waals surface area contributed by atoms with E-state index in [1.807, 2.05) is 11.3 Å². The molecule has 8 nitrogen and oxygen atoms in total. The van der Waals surface area contributed by atoms with Gasteiger partial charge in [0, 0.05) is 35.3 Å². The van der Waals surface area contributed by atoms with Crippen LogP contribution in [0.3, 0.4) is 0 Å². The van der Waals surface area contributed by atoms with Crippen molar-refractivity contribution in [2.24, 2.45) is 11.3 Å². The summed E-state index contributed by atoms with van der Waals surface area (Å²) in [5.74, 6) is 1.01. The SMILES string of the molecule is CCCCc1ccc(CN2C[C@@H]3COC[C@]3(C(=O)NCc3nc(N)n[nH]3)C2)s1. The zero-order valence-electron chi connectivity index (χ0n) is 16.2. The molecule has 28 heavy (non-hydrogen) atoms. The van der Waals surface area contributed by atoms with Crippen LogP contribution in [0.25, 0.3) is 0 Å². The van der Waals surface area contributed by atoms with Crippen molar-refractivity contribution in [3.63, 3.8) is 0 Å². The highest BCUT2D eigenvalue weighted by atomic mass is 32.1. The molecule has 4 rings (SSSR count). The summed E-state index contributed by atoms with van der Waals surface area (Å²) in [5, 5.41) is 9.52. The number of hydrogen-bond donors (Lipinski definition) is 3. The van der Waals surface area contributed by atoms with Crippen LogP contribution >= 0.6 is 11.3 Å². The number of nitrogens with one attached hydrogen (secondary N) is 2. The number of likely N-dealkylation sites (tertiary alicyclic amines) is 1. The van der Waals surface area contributed by atoms with Crippen LogP contribution in [0, 0.1) is 11.3 Å². The van der Waals surface area contributed by atoms with Crippen molar-refractivity contribution in [3.8, 4) is 0 Å². The fourth-order valence-corrected chi connectivity index (χ4v) is 5.33. The largest absolute Gasteiger partial charge is 0.380 e. The number of aryl methyl sites for hydroxylation is 1. The number of aromatic nitrogens is 3. The number of fused-ring (bicyclic) bond motifs is 1. The van der Waals surface area contributed by atoms with E-state index in [0.717, 1.165) is 26.1 Å². The molecule has 0 bridgehead atoms. The molecule has 4 heterocycles. The van der Waals surface area contributed by atoms with Gasteiger partial charge in [-0.25, -0.2) is 0 Å². The number of carbonyl (C=O) groups is 1. The monoisotopic (exact) mass is 404 g/mol. The Hall–Kier alpha value is -1.97. The number of aromatic amines is 1. The summed E-state index contributed by atoms with van der Waals surface area (Å²) >= 11 is 1.90. The second-order valence-electron chi connectivity index (χ2n) is 7.83. The molecule has 0 unspecified atom stereocenters. The lowest BCUT2D eigenvalue weighted by atomic mass is 9.80. The lowest BCUT2D eigenvalue weighted by Crippen LogP contribution is -2.46. The number of nitrogens with two attached hydrogens (primary N) is 1. The molecule has 0 radical (unpaired) electrons. The number of unbranched alkanes of at least 4 members (excludes halogenated alkanes) is 1. The van der Waals surface area contributed by atoms with Gasteiger partial charge in [-0.1, -0.05) is 13.3 Å². The Kier molecular flexibility index (Phi) is 5.65. The Labute approximate surface area is 168 Å². The second kappa shape index (κ2) is 8.18. The molecule has 0 saturated carbocycles. The summed E-state index contributed by atoms with van der Waals surface area (Å²) in [4.78, 5) is 22.3. The van der Waals surface area contributed by atoms with Gasteiger partial charge in [-0.05, 0) is 25.0 Å². The fourth-order valence-electron chi connectivity index (χ4n) is 4.22. The maximum Gasteiger partial charge on any atom is 0.239 e. The Morgan fingerprint density at radius 1 is 1.50 bits per heavy atom. The van der Waals surface area contributed by atoms with Gasteiger partial charge in [0.2, 0.25) is 11.9 Å². The van der Waals surface area contributed by atoms with Crippen LogP contribution in [-0.4, -0.2) is 52.3 Å². The highest BCUT2D eigenvalue weighted by molar-refractivity contribution is 7.11. The quantitative estimate of drug-likeness (QED) is 0.616. The van der Waals surface area contributed by atoms with Gasteiger partial charge in [-0.3, -0.25) is 14.8 Å². The van der Waals surface area contributed by atoms with Crippen molar-refractivity contribution in [1.82, 2.24) is 25.4 Å². The first-order chi connectivity index (χ1) is 13.6. The maximum atomic E-state index is 13.0. The lowest BCUT2D eigenvalue weighted by molar-refractivity contribution is -0.131. The van der Waals surface area contributed by atoms with E-state index in [1.165, 1.54) is 22.6 Å². The fraction of sp³-hybridized carbons (Fsp3) is 0.632. The highest BCUT2D eigenvalue weighted by Crippen LogP contribution is 2.42. The summed E-state index contributed by atoms with van der Waals surface area (Å²) in [6.07, 6.45) is 3.62. The molecule has 152 valence electrons. The third-order valence-corrected chi connectivity index (χ3v) is 6.87. The first kappa shape index (κ1) is 19.4. The molecular formula is C19H28N6O2S. The van der Waals surface area contributed by atoms with Crippen molar-refractivity contribution < 1.29 is 9.53 Å². The number of amides is 1. The standard InChI is InChI=1S/C19H28N6O2S/c1-2-3-4-14-5-6-15(28-14)9-25-8-13-10-27-12-19(13,11-25)17(26)21-7-16-22-18(20)24-23-16/h5-6,13H,2-4,7-12H2,1H3,(H,21,26)(H3,20,22,23,24)/t13-,19-/m1/s1. The molecule has 9 heteroatoms. The zero-order chi connectivity index (χ0) is 19.6. The Morgan fingerprint density at radius 3 is 3.14 bits per heavy atom. The Morgan fingerprint density at radius 2 is 2.36 bits per heavy atom. The number of anilines is 1. The molecule has 2 aliphatic rings. The minimum absolute atomic E-state index is 0.0299. The first-order valence-electron chi connectivity index (χ1n) is 9.92. The van der Waals surface area contributed by atoms with Gasteiger partial charge < -0.3 is 15.8 Å². The Balaban J connectivity index is 1.37. The topological polar surface area (TPSA) is 109 Å². The normalized spacial score (nSPS) is 24.5. The molecule has 2 atom stereocenters. The molecule has 2 aromatic heterocycles. The maximum absolute atomic E-state index is 13.0. The van der Waals surface area contributed by atoms with E-state index < -0.39 is 5.41 Å². The summed E-state index contributed by atoms with van der Waals surface area (Å²) in [5.41, 5.74) is 5.04. The smallest absolute Gasteiger partial charge is 0.239 e. The van der Waals surface area contributed by atoms with Crippen molar-refractivity contribution >= 4 is 23.2 Å². The summed E-state index contributed by atoms with van der Waals surface area (Å²) in [6, 6.07) is 4.49. The van der Waals surface area contributed by atoms with Gasteiger partial charge in [-0.2, -0.15) is 4.98 Å². The van der Waals surface area contributed by atoms with E-state index in [2.05, 4.69) is 44.5 Å². The number of nitrogen functional groups attached to an aromatic ring is 1. The average molecular weight is 405 g/mol. The van der Waals surface area contributed by atoms with Gasteiger partial charge in [-0.15, -0.1) is 16.4 Å². The molecule has 0 aromatic carbocycles. The molecule has 2 saturated heterocycles. The molecular weight excluding hydrogens is 376 g/mol. The summed E-state index contributed by atoms with van der Waals surface area (Å²) in [7, 11) is 0. The summed E-state index contributed by atoms with van der Waals surface area (Å²) < 4.78 is 5.70. The molecule has 1 amide bonds. The molecule has 0 aliphatic carbocycles. The van der Waals surface area contributed by atoms with Crippen molar-refractivity contribution in [1.29, 1.82) is 0 Å². The molecule has 2 aromatic rings. The van der Waals surface area contributed by atoms with Crippen LogP contribution in [0.15, 0.2) is 12.1 Å². The van der Waals surface area contributed by atoms with E-state index in [1.54, 1.807) is 0 Å². The third-order valence-electron chi connectivity index (χ3n) is 5.74. The molecule has 2 fully saturated rings. The van der Waals surface area contributed by atoms with Gasteiger partial charge >= 0.3 is 0 Å². The lowest BCUT2D eigenvalue weighted by Gasteiger charge is -2.25. The average Bonchev–Trinajstić information content (AvgIpc) is 3.43. The van der Waals surface area contributed by atoms with E-state index >= 15 is 0 Å². The minimum atomic E-state index is -0.478. The van der Waals surface area contributed by atoms with Crippen LogP contribution in [0.2, 0.25) is 0 Å². The second-order valence-corrected chi connectivity index (χ2v) is 9.09. The van der Waals surface area contributed by atoms with E-state index in [-0.39, 0.29) is 17.8 Å². The number of H-pyrrole nitrogens is 1. The molecule has 0 spiro atoms. The number of thiophene rings is 1. The van der Waals surface area contributed by atoms with Gasteiger partial charge in [0.1, 0.15) is 5.82 Å². The Bertz CT molecular complexity index is 821. The van der Waals surface area contributed by atoms with Crippen LogP contribution in [0.4, 0.5) is 5.95 Å². The number of carbonyl (C=O) groups excluding carboxylic acids is 1. The highest BCUT2D eigenvalue weighted by Gasteiger charge is 2.55. The van der Waals surface area contributed by atoms with Gasteiger partial charge in [0.15, 0.2) is 0 Å². The predicted octanol–water partition coefficient (Wildman–Crippen LogP) is 1.56. The van der Waals surface area contributed by atoms with Crippen LogP contribution in [0.5, 0.6) is 0 Å². The first-order valence-corrected chi connectivity index (χ1v) is 10.7. The predicted molar refractivity (Wildman–Crippen MR) is 108 cm³/mol. The molecule has 4 N–H and O–H groups in total. The van der Waals surface area contributed by atoms with Gasteiger partial charge in [0.25, 0.3) is 0 Å². The number of ether oxygens (including phenoxy) is 1. The van der Waals surface area contributed by atoms with E-state index in [9.17, 15) is 4.79 Å². The third kappa shape index (κ3) is 3.92. The van der Waals surface area contributed by atoms with Crippen molar-refractivity contribution in [2.45, 2.75) is 39.3 Å². The number of rotatable bonds is 8. The van der Waals surface area contributed by atoms with E-state index in [0.29, 0.717) is 25.6 Å². The van der Waals surface area contributed by atoms with Crippen molar-refractivity contribution in [3.05, 3.63) is 27.7 Å². The zero-order valence-corrected chi connectivity index (χ0v) is 17.1. The summed E-state index contributed by atoms with van der Waals surface area (Å²) in [6.45, 7) is 6.16. The van der Waals surface area contributed by atoms with Gasteiger partial charge in [0.05, 0.1) is 25.2 Å². The van der Waals surface area contributed by atoms with Crippen LogP contribution < -0.4 is 11.1 Å². The van der Waals surface area contributed by atoms with Crippen molar-refractivity contribution in [2.75, 3.05) is 32.0 Å². The number of hydrogen-bond acceptors (Lipinski definition) is 7. The van der Waals surface area contributed by atoms with E-state index in [4.69, 9.17) is 10.5 Å².